The van der Waals surface area contributed by atoms with E-state index in [1.54, 1.807) is 6.20 Å². The summed E-state index contributed by atoms with van der Waals surface area (Å²) in [5, 5.41) is 0. The van der Waals surface area contributed by atoms with Gasteiger partial charge < -0.3 is 9.80 Å². The highest BCUT2D eigenvalue weighted by molar-refractivity contribution is 7.92. The van der Waals surface area contributed by atoms with Crippen LogP contribution < -0.4 is 14.5 Å². The molecular formula is C14H18N6O2S. The van der Waals surface area contributed by atoms with Crippen LogP contribution in [0.15, 0.2) is 36.8 Å². The second kappa shape index (κ2) is 6.37. The SMILES string of the molecule is CS(=O)(=O)Nc1cnc(N2CCN(c3ccccn3)CC2)nc1. The Morgan fingerprint density at radius 1 is 1.00 bits per heavy atom. The van der Waals surface area contributed by atoms with Gasteiger partial charge in [0.1, 0.15) is 5.82 Å². The van der Waals surface area contributed by atoms with E-state index in [4.69, 9.17) is 0 Å². The first kappa shape index (κ1) is 15.5. The Morgan fingerprint density at radius 2 is 1.65 bits per heavy atom. The normalized spacial score (nSPS) is 15.5. The summed E-state index contributed by atoms with van der Waals surface area (Å²) < 4.78 is 24.7. The van der Waals surface area contributed by atoms with Crippen molar-refractivity contribution in [3.8, 4) is 0 Å². The summed E-state index contributed by atoms with van der Waals surface area (Å²) in [6, 6.07) is 5.88. The smallest absolute Gasteiger partial charge is 0.229 e. The highest BCUT2D eigenvalue weighted by atomic mass is 32.2. The number of pyridine rings is 1. The maximum absolute atomic E-state index is 11.2. The van der Waals surface area contributed by atoms with Crippen molar-refractivity contribution in [3.05, 3.63) is 36.8 Å². The molecule has 1 aliphatic rings. The molecule has 0 amide bonds. The van der Waals surface area contributed by atoms with E-state index in [2.05, 4.69) is 29.5 Å². The van der Waals surface area contributed by atoms with Crippen LogP contribution in [0.3, 0.4) is 0 Å². The summed E-state index contributed by atoms with van der Waals surface area (Å²) in [6.45, 7) is 3.25. The van der Waals surface area contributed by atoms with Crippen LogP contribution in [0, 0.1) is 0 Å². The molecule has 122 valence electrons. The Bertz CT molecular complexity index is 743. The van der Waals surface area contributed by atoms with E-state index in [1.165, 1.54) is 12.4 Å². The average Bonchev–Trinajstić information content (AvgIpc) is 2.55. The summed E-state index contributed by atoms with van der Waals surface area (Å²) in [4.78, 5) is 17.1. The van der Waals surface area contributed by atoms with Crippen LogP contribution in [-0.2, 0) is 10.0 Å². The van der Waals surface area contributed by atoms with E-state index < -0.39 is 10.0 Å². The summed E-state index contributed by atoms with van der Waals surface area (Å²) >= 11 is 0. The Labute approximate surface area is 135 Å². The van der Waals surface area contributed by atoms with Crippen LogP contribution in [0.1, 0.15) is 0 Å². The zero-order chi connectivity index (χ0) is 16.3. The van der Waals surface area contributed by atoms with E-state index in [0.717, 1.165) is 38.3 Å². The number of nitrogens with one attached hydrogen (secondary N) is 1. The third kappa shape index (κ3) is 4.07. The van der Waals surface area contributed by atoms with Crippen molar-refractivity contribution >= 4 is 27.5 Å². The Kier molecular flexibility index (Phi) is 4.28. The molecule has 0 spiro atoms. The Hall–Kier alpha value is -2.42. The molecule has 23 heavy (non-hydrogen) atoms. The van der Waals surface area contributed by atoms with Gasteiger partial charge in [-0.05, 0) is 12.1 Å². The molecule has 0 unspecified atom stereocenters. The fourth-order valence-electron chi connectivity index (χ4n) is 2.43. The number of sulfonamides is 1. The van der Waals surface area contributed by atoms with Gasteiger partial charge in [-0.1, -0.05) is 6.07 Å². The maximum Gasteiger partial charge on any atom is 0.229 e. The van der Waals surface area contributed by atoms with Crippen molar-refractivity contribution in [2.45, 2.75) is 0 Å². The highest BCUT2D eigenvalue weighted by Crippen LogP contribution is 2.16. The van der Waals surface area contributed by atoms with Crippen LogP contribution in [0.5, 0.6) is 0 Å². The maximum atomic E-state index is 11.2. The molecule has 1 aliphatic heterocycles. The van der Waals surface area contributed by atoms with Gasteiger partial charge in [0.05, 0.1) is 24.3 Å². The molecule has 1 N–H and O–H groups in total. The Balaban J connectivity index is 1.61. The van der Waals surface area contributed by atoms with E-state index in [0.29, 0.717) is 11.6 Å². The molecule has 9 heteroatoms. The number of aromatic nitrogens is 3. The third-order valence-electron chi connectivity index (χ3n) is 3.48. The third-order valence-corrected chi connectivity index (χ3v) is 4.08. The van der Waals surface area contributed by atoms with E-state index in [9.17, 15) is 8.42 Å². The molecule has 0 atom stereocenters. The van der Waals surface area contributed by atoms with Gasteiger partial charge in [-0.3, -0.25) is 4.72 Å². The molecule has 2 aromatic heterocycles. The zero-order valence-electron chi connectivity index (χ0n) is 12.8. The van der Waals surface area contributed by atoms with Gasteiger partial charge in [0.15, 0.2) is 0 Å². The lowest BCUT2D eigenvalue weighted by atomic mass is 10.3. The van der Waals surface area contributed by atoms with Gasteiger partial charge in [-0.25, -0.2) is 23.4 Å². The Morgan fingerprint density at radius 3 is 2.22 bits per heavy atom. The summed E-state index contributed by atoms with van der Waals surface area (Å²) in [5.74, 6) is 1.57. The van der Waals surface area contributed by atoms with Crippen LogP contribution in [0.25, 0.3) is 0 Å². The quantitative estimate of drug-likeness (QED) is 0.874. The van der Waals surface area contributed by atoms with E-state index in [-0.39, 0.29) is 0 Å². The molecule has 3 heterocycles. The lowest BCUT2D eigenvalue weighted by molar-refractivity contribution is 0.606. The molecule has 0 aromatic carbocycles. The zero-order valence-corrected chi connectivity index (χ0v) is 13.6. The standard InChI is InChI=1S/C14H18N6O2S/c1-23(21,22)18-12-10-16-14(17-11-12)20-8-6-19(7-9-20)13-4-2-3-5-15-13/h2-5,10-11,18H,6-9H2,1H3. The van der Waals surface area contributed by atoms with Crippen LogP contribution in [-0.4, -0.2) is 55.8 Å². The summed E-state index contributed by atoms with van der Waals surface area (Å²) in [6.07, 6.45) is 5.85. The van der Waals surface area contributed by atoms with Crippen LogP contribution >= 0.6 is 0 Å². The molecule has 8 nitrogen and oxygen atoms in total. The second-order valence-electron chi connectivity index (χ2n) is 5.31. The molecule has 2 aromatic rings. The number of piperazine rings is 1. The fourth-order valence-corrected chi connectivity index (χ4v) is 2.96. The number of anilines is 3. The number of hydrogen-bond acceptors (Lipinski definition) is 7. The topological polar surface area (TPSA) is 91.3 Å². The van der Waals surface area contributed by atoms with Gasteiger partial charge in [0.2, 0.25) is 16.0 Å². The van der Waals surface area contributed by atoms with Crippen LogP contribution in [0.2, 0.25) is 0 Å². The predicted molar refractivity (Wildman–Crippen MR) is 89.2 cm³/mol. The van der Waals surface area contributed by atoms with Crippen molar-refractivity contribution < 1.29 is 8.42 Å². The molecular weight excluding hydrogens is 316 g/mol. The van der Waals surface area contributed by atoms with Crippen molar-refractivity contribution in [1.82, 2.24) is 15.0 Å². The van der Waals surface area contributed by atoms with Crippen molar-refractivity contribution in [2.24, 2.45) is 0 Å². The summed E-state index contributed by atoms with van der Waals surface area (Å²) in [5.41, 5.74) is 0.364. The molecule has 0 radical (unpaired) electrons. The molecule has 1 saturated heterocycles. The molecule has 1 fully saturated rings. The first-order chi connectivity index (χ1) is 11.0. The first-order valence-corrected chi connectivity index (χ1v) is 9.11. The summed E-state index contributed by atoms with van der Waals surface area (Å²) in [7, 11) is -3.31. The van der Waals surface area contributed by atoms with Crippen molar-refractivity contribution in [2.75, 3.05) is 47.0 Å². The van der Waals surface area contributed by atoms with Gasteiger partial charge in [-0.2, -0.15) is 0 Å². The lowest BCUT2D eigenvalue weighted by Gasteiger charge is -2.35. The molecule has 0 aliphatic carbocycles. The second-order valence-corrected chi connectivity index (χ2v) is 7.06. The van der Waals surface area contributed by atoms with E-state index >= 15 is 0 Å². The minimum Gasteiger partial charge on any atom is -0.353 e. The van der Waals surface area contributed by atoms with Gasteiger partial charge in [-0.15, -0.1) is 0 Å². The van der Waals surface area contributed by atoms with Crippen LogP contribution in [0.4, 0.5) is 17.5 Å². The monoisotopic (exact) mass is 334 g/mol. The number of hydrogen-bond donors (Lipinski definition) is 1. The van der Waals surface area contributed by atoms with Gasteiger partial charge in [0.25, 0.3) is 0 Å². The number of nitrogens with zero attached hydrogens (tertiary/aromatic N) is 5. The minimum absolute atomic E-state index is 0.364. The molecule has 3 rings (SSSR count). The lowest BCUT2D eigenvalue weighted by Crippen LogP contribution is -2.47. The van der Waals surface area contributed by atoms with Crippen molar-refractivity contribution in [3.63, 3.8) is 0 Å². The minimum atomic E-state index is -3.31. The average molecular weight is 334 g/mol. The largest absolute Gasteiger partial charge is 0.353 e. The molecule has 0 bridgehead atoms. The van der Waals surface area contributed by atoms with E-state index in [1.807, 2.05) is 18.2 Å². The fraction of sp³-hybridized carbons (Fsp3) is 0.357. The van der Waals surface area contributed by atoms with Crippen molar-refractivity contribution in [1.29, 1.82) is 0 Å². The highest BCUT2D eigenvalue weighted by Gasteiger charge is 2.19. The number of rotatable bonds is 4. The molecule has 0 saturated carbocycles. The van der Waals surface area contributed by atoms with Gasteiger partial charge in [0, 0.05) is 32.4 Å². The van der Waals surface area contributed by atoms with Gasteiger partial charge >= 0.3 is 0 Å². The predicted octanol–water partition coefficient (Wildman–Crippen LogP) is 0.570. The first-order valence-electron chi connectivity index (χ1n) is 7.22.